The molecule has 1 saturated carbocycles. The highest BCUT2D eigenvalue weighted by Crippen LogP contribution is 2.34. The lowest BCUT2D eigenvalue weighted by atomic mass is 9.92. The quantitative estimate of drug-likeness (QED) is 0.660. The van der Waals surface area contributed by atoms with Gasteiger partial charge in [0.1, 0.15) is 4.90 Å². The van der Waals surface area contributed by atoms with E-state index in [1.807, 2.05) is 25.5 Å². The van der Waals surface area contributed by atoms with Crippen LogP contribution in [0.1, 0.15) is 58.2 Å². The molecule has 0 saturated heterocycles. The fourth-order valence-corrected chi connectivity index (χ4v) is 5.50. The lowest BCUT2D eigenvalue weighted by molar-refractivity contribution is 0.444. The van der Waals surface area contributed by atoms with Gasteiger partial charge in [-0.2, -0.15) is 9.40 Å². The Kier molecular flexibility index (Phi) is 6.62. The lowest BCUT2D eigenvalue weighted by Crippen LogP contribution is -2.35. The Balaban J connectivity index is 2.49. The molecule has 1 aromatic rings. The average molecular weight is 396 g/mol. The van der Waals surface area contributed by atoms with Crippen molar-refractivity contribution in [3.8, 4) is 0 Å². The van der Waals surface area contributed by atoms with Gasteiger partial charge in [0.15, 0.2) is 0 Å². The van der Waals surface area contributed by atoms with Gasteiger partial charge in [-0.1, -0.05) is 33.6 Å². The zero-order chi connectivity index (χ0) is 18.0. The molecule has 1 heterocycles. The molecule has 0 radical (unpaired) electrons. The number of halogens is 2. The van der Waals surface area contributed by atoms with Gasteiger partial charge in [-0.15, -0.1) is 23.2 Å². The van der Waals surface area contributed by atoms with Crippen LogP contribution in [0.25, 0.3) is 0 Å². The van der Waals surface area contributed by atoms with E-state index in [0.717, 1.165) is 12.8 Å². The second-order valence-corrected chi connectivity index (χ2v) is 9.95. The third-order valence-electron chi connectivity index (χ3n) is 4.39. The molecule has 1 fully saturated rings. The van der Waals surface area contributed by atoms with Crippen LogP contribution in [0, 0.1) is 0 Å². The van der Waals surface area contributed by atoms with Crippen LogP contribution in [-0.2, 0) is 15.4 Å². The molecule has 0 unspecified atom stereocenters. The summed E-state index contributed by atoms with van der Waals surface area (Å²) in [6.45, 7) is 6.45. The van der Waals surface area contributed by atoms with Crippen LogP contribution < -0.4 is 0 Å². The number of alkyl halides is 2. The number of hydrogen-bond donors (Lipinski definition) is 0. The predicted molar refractivity (Wildman–Crippen MR) is 98.6 cm³/mol. The molecule has 0 spiro atoms. The Labute approximate surface area is 155 Å². The zero-order valence-electron chi connectivity index (χ0n) is 14.6. The number of aromatic nitrogens is 2. The average Bonchev–Trinajstić information content (AvgIpc) is 3.15. The number of nitrogens with zero attached hydrogens (tertiary/aromatic N) is 3. The Morgan fingerprint density at radius 2 is 1.75 bits per heavy atom. The fourth-order valence-electron chi connectivity index (χ4n) is 3.12. The van der Waals surface area contributed by atoms with Crippen LogP contribution in [0.3, 0.4) is 0 Å². The molecule has 1 aliphatic carbocycles. The summed E-state index contributed by atoms with van der Waals surface area (Å²) in [6.07, 6.45) is 6.15. The third kappa shape index (κ3) is 4.26. The van der Waals surface area contributed by atoms with Gasteiger partial charge in [-0.3, -0.25) is 4.68 Å². The Bertz CT molecular complexity index is 641. The van der Waals surface area contributed by atoms with Crippen molar-refractivity contribution in [2.24, 2.45) is 0 Å². The topological polar surface area (TPSA) is 55.2 Å². The van der Waals surface area contributed by atoms with E-state index in [1.165, 1.54) is 17.1 Å². The van der Waals surface area contributed by atoms with E-state index in [2.05, 4.69) is 5.10 Å². The van der Waals surface area contributed by atoms with E-state index in [0.29, 0.717) is 11.7 Å². The third-order valence-corrected chi connectivity index (χ3v) is 6.63. The standard InChI is InChI=1S/C16H27Cl2N3O2S/c1-16(2,3)15-14(12-21(19-15)13-6-4-5-7-13)24(22,23)20(10-8-17)11-9-18/h12-13H,4-11H2,1-3H3. The summed E-state index contributed by atoms with van der Waals surface area (Å²) in [5, 5.41) is 4.68. The highest BCUT2D eigenvalue weighted by molar-refractivity contribution is 7.89. The van der Waals surface area contributed by atoms with Crippen LogP contribution in [0.2, 0.25) is 0 Å². The van der Waals surface area contributed by atoms with Crippen LogP contribution in [0.5, 0.6) is 0 Å². The summed E-state index contributed by atoms with van der Waals surface area (Å²) in [5.41, 5.74) is 0.253. The van der Waals surface area contributed by atoms with E-state index in [9.17, 15) is 8.42 Å². The lowest BCUT2D eigenvalue weighted by Gasteiger charge is -2.23. The number of rotatable bonds is 7. The zero-order valence-corrected chi connectivity index (χ0v) is 17.0. The fraction of sp³-hybridized carbons (Fsp3) is 0.812. The molecule has 0 atom stereocenters. The summed E-state index contributed by atoms with van der Waals surface area (Å²) in [5.74, 6) is 0.468. The summed E-state index contributed by atoms with van der Waals surface area (Å²) in [7, 11) is -3.67. The second kappa shape index (κ2) is 7.94. The van der Waals surface area contributed by atoms with Crippen LogP contribution in [0.15, 0.2) is 11.1 Å². The molecule has 0 aromatic carbocycles. The summed E-state index contributed by atoms with van der Waals surface area (Å²) in [6, 6.07) is 0.296. The first-order chi connectivity index (χ1) is 11.2. The summed E-state index contributed by atoms with van der Waals surface area (Å²) in [4.78, 5) is 0.289. The van der Waals surface area contributed by atoms with Gasteiger partial charge < -0.3 is 0 Å². The predicted octanol–water partition coefficient (Wildman–Crippen LogP) is 3.76. The van der Waals surface area contributed by atoms with Crippen LogP contribution >= 0.6 is 23.2 Å². The molecular weight excluding hydrogens is 369 g/mol. The van der Waals surface area contributed by atoms with Gasteiger partial charge >= 0.3 is 0 Å². The van der Waals surface area contributed by atoms with Gasteiger partial charge in [-0.25, -0.2) is 8.42 Å². The van der Waals surface area contributed by atoms with Gasteiger partial charge in [0.25, 0.3) is 0 Å². The maximum atomic E-state index is 13.2. The Morgan fingerprint density at radius 3 is 2.21 bits per heavy atom. The smallest absolute Gasteiger partial charge is 0.246 e. The minimum Gasteiger partial charge on any atom is -0.268 e. The normalized spacial score (nSPS) is 17.1. The largest absolute Gasteiger partial charge is 0.268 e. The van der Waals surface area contributed by atoms with E-state index >= 15 is 0 Å². The van der Waals surface area contributed by atoms with Crippen molar-refractivity contribution < 1.29 is 8.42 Å². The summed E-state index contributed by atoms with van der Waals surface area (Å²) < 4.78 is 29.5. The molecule has 1 aromatic heterocycles. The van der Waals surface area contributed by atoms with Gasteiger partial charge in [0.05, 0.1) is 11.7 Å². The van der Waals surface area contributed by atoms with E-state index < -0.39 is 10.0 Å². The highest BCUT2D eigenvalue weighted by atomic mass is 35.5. The highest BCUT2D eigenvalue weighted by Gasteiger charge is 2.34. The second-order valence-electron chi connectivity index (χ2n) is 7.29. The molecule has 8 heteroatoms. The molecule has 0 bridgehead atoms. The number of sulfonamides is 1. The van der Waals surface area contributed by atoms with Crippen LogP contribution in [-0.4, -0.2) is 47.4 Å². The Hall–Kier alpha value is -0.300. The minimum atomic E-state index is -3.67. The molecule has 0 N–H and O–H groups in total. The van der Waals surface area contributed by atoms with Crippen LogP contribution in [0.4, 0.5) is 0 Å². The SMILES string of the molecule is CC(C)(C)c1nn(C2CCCC2)cc1S(=O)(=O)N(CCCl)CCCl. The first kappa shape index (κ1) is 20.0. The van der Waals surface area contributed by atoms with Crippen molar-refractivity contribution in [1.82, 2.24) is 14.1 Å². The summed E-state index contributed by atoms with van der Waals surface area (Å²) >= 11 is 11.6. The maximum Gasteiger partial charge on any atom is 0.246 e. The van der Waals surface area contributed by atoms with E-state index in [4.69, 9.17) is 23.2 Å². The van der Waals surface area contributed by atoms with Crippen molar-refractivity contribution >= 4 is 33.2 Å². The maximum absolute atomic E-state index is 13.2. The first-order valence-electron chi connectivity index (χ1n) is 8.43. The molecule has 1 aliphatic rings. The first-order valence-corrected chi connectivity index (χ1v) is 10.9. The molecule has 2 rings (SSSR count). The van der Waals surface area contributed by atoms with Crippen molar-refractivity contribution in [1.29, 1.82) is 0 Å². The van der Waals surface area contributed by atoms with Gasteiger partial charge in [0.2, 0.25) is 10.0 Å². The molecule has 138 valence electrons. The minimum absolute atomic E-state index is 0.234. The molecule has 0 aliphatic heterocycles. The van der Waals surface area contributed by atoms with Gasteiger partial charge in [-0.05, 0) is 12.8 Å². The van der Waals surface area contributed by atoms with Gasteiger partial charge in [0, 0.05) is 36.5 Å². The molecular formula is C16H27Cl2N3O2S. The Morgan fingerprint density at radius 1 is 1.21 bits per heavy atom. The van der Waals surface area contributed by atoms with E-state index in [-0.39, 0.29) is 35.2 Å². The van der Waals surface area contributed by atoms with E-state index in [1.54, 1.807) is 6.20 Å². The van der Waals surface area contributed by atoms with Crippen molar-refractivity contribution in [2.75, 3.05) is 24.8 Å². The van der Waals surface area contributed by atoms with Crippen molar-refractivity contribution in [3.05, 3.63) is 11.9 Å². The molecule has 5 nitrogen and oxygen atoms in total. The van der Waals surface area contributed by atoms with Crippen molar-refractivity contribution in [2.45, 2.75) is 62.8 Å². The van der Waals surface area contributed by atoms with Crippen molar-refractivity contribution in [3.63, 3.8) is 0 Å². The molecule has 24 heavy (non-hydrogen) atoms. The molecule has 0 amide bonds. The monoisotopic (exact) mass is 395 g/mol. The number of hydrogen-bond acceptors (Lipinski definition) is 3.